The van der Waals surface area contributed by atoms with Crippen LogP contribution in [0.1, 0.15) is 18.4 Å². The molecule has 0 aliphatic rings. The van der Waals surface area contributed by atoms with Crippen LogP contribution in [0.2, 0.25) is 0 Å². The van der Waals surface area contributed by atoms with Crippen molar-refractivity contribution in [3.05, 3.63) is 96.6 Å². The van der Waals surface area contributed by atoms with Gasteiger partial charge in [-0.05, 0) is 61.0 Å². The fourth-order valence-corrected chi connectivity index (χ4v) is 4.28. The molecule has 0 aliphatic heterocycles. The average molecular weight is 407 g/mol. The third-order valence-corrected chi connectivity index (χ3v) is 5.79. The molecule has 0 radical (unpaired) electrons. The van der Waals surface area contributed by atoms with Gasteiger partial charge in [0.15, 0.2) is 0 Å². The predicted molar refractivity (Wildman–Crippen MR) is 130 cm³/mol. The second-order valence-corrected chi connectivity index (χ2v) is 7.88. The van der Waals surface area contributed by atoms with Gasteiger partial charge in [0, 0.05) is 22.0 Å². The van der Waals surface area contributed by atoms with E-state index in [0.717, 1.165) is 42.9 Å². The Morgan fingerprint density at radius 2 is 1.52 bits per heavy atom. The van der Waals surface area contributed by atoms with Crippen LogP contribution >= 0.6 is 0 Å². The van der Waals surface area contributed by atoms with Gasteiger partial charge in [0.25, 0.3) is 0 Å². The first kappa shape index (κ1) is 19.4. The lowest BCUT2D eigenvalue weighted by atomic mass is 9.98. The molecule has 4 aromatic carbocycles. The highest BCUT2D eigenvalue weighted by Crippen LogP contribution is 2.36. The van der Waals surface area contributed by atoms with Crippen molar-refractivity contribution >= 4 is 21.7 Å². The Morgan fingerprint density at radius 1 is 0.710 bits per heavy atom. The number of aryl methyl sites for hydroxylation is 1. The third-order valence-electron chi connectivity index (χ3n) is 5.79. The van der Waals surface area contributed by atoms with E-state index in [1.54, 1.807) is 0 Å². The van der Waals surface area contributed by atoms with Crippen molar-refractivity contribution in [2.45, 2.75) is 19.3 Å². The molecule has 0 bridgehead atoms. The number of hydrogen-bond acceptors (Lipinski definition) is 2. The molecule has 0 saturated carbocycles. The van der Waals surface area contributed by atoms with Crippen LogP contribution in [0.4, 0.5) is 0 Å². The number of aromatic amines is 1. The fraction of sp³-hybridized carbons (Fsp3) is 0.143. The van der Waals surface area contributed by atoms with Gasteiger partial charge in [0.1, 0.15) is 11.5 Å². The molecule has 0 aliphatic carbocycles. The number of aromatic nitrogens is 1. The van der Waals surface area contributed by atoms with Crippen LogP contribution in [0.15, 0.2) is 91.0 Å². The SMILES string of the molecule is NCCCCc1c(-c2cccc(Oc3ccccc3)c2)[nH]c2c1ccc1ccccc12. The van der Waals surface area contributed by atoms with Crippen LogP contribution in [-0.4, -0.2) is 11.5 Å². The van der Waals surface area contributed by atoms with Gasteiger partial charge in [-0.1, -0.05) is 66.7 Å². The van der Waals surface area contributed by atoms with Crippen molar-refractivity contribution in [1.82, 2.24) is 4.98 Å². The van der Waals surface area contributed by atoms with Crippen molar-refractivity contribution in [1.29, 1.82) is 0 Å². The molecule has 0 saturated heterocycles. The summed E-state index contributed by atoms with van der Waals surface area (Å²) >= 11 is 0. The zero-order valence-corrected chi connectivity index (χ0v) is 17.5. The van der Waals surface area contributed by atoms with E-state index in [9.17, 15) is 0 Å². The monoisotopic (exact) mass is 406 g/mol. The summed E-state index contributed by atoms with van der Waals surface area (Å²) in [6.45, 7) is 0.723. The summed E-state index contributed by atoms with van der Waals surface area (Å²) in [5, 5.41) is 3.79. The number of fused-ring (bicyclic) bond motifs is 3. The van der Waals surface area contributed by atoms with Gasteiger partial charge in [0.05, 0.1) is 5.52 Å². The van der Waals surface area contributed by atoms with Crippen molar-refractivity contribution in [3.63, 3.8) is 0 Å². The Balaban J connectivity index is 1.62. The molecule has 0 amide bonds. The molecule has 1 heterocycles. The van der Waals surface area contributed by atoms with Crippen LogP contribution < -0.4 is 10.5 Å². The molecule has 3 N–H and O–H groups in total. The van der Waals surface area contributed by atoms with Crippen LogP contribution in [0.3, 0.4) is 0 Å². The van der Waals surface area contributed by atoms with Crippen molar-refractivity contribution < 1.29 is 4.74 Å². The minimum absolute atomic E-state index is 0.723. The molecule has 1 aromatic heterocycles. The Labute approximate surface area is 182 Å². The summed E-state index contributed by atoms with van der Waals surface area (Å²) in [5.74, 6) is 1.67. The van der Waals surface area contributed by atoms with Crippen molar-refractivity contribution in [2.24, 2.45) is 5.73 Å². The molecule has 0 atom stereocenters. The lowest BCUT2D eigenvalue weighted by molar-refractivity contribution is 0.483. The van der Waals surface area contributed by atoms with E-state index in [2.05, 4.69) is 59.6 Å². The highest BCUT2D eigenvalue weighted by atomic mass is 16.5. The molecular weight excluding hydrogens is 380 g/mol. The molecule has 31 heavy (non-hydrogen) atoms. The smallest absolute Gasteiger partial charge is 0.128 e. The number of para-hydroxylation sites is 1. The number of hydrogen-bond donors (Lipinski definition) is 2. The maximum absolute atomic E-state index is 6.09. The number of benzene rings is 4. The molecule has 154 valence electrons. The van der Waals surface area contributed by atoms with E-state index in [4.69, 9.17) is 10.5 Å². The largest absolute Gasteiger partial charge is 0.457 e. The van der Waals surface area contributed by atoms with Crippen molar-refractivity contribution in [3.8, 4) is 22.8 Å². The number of unbranched alkanes of at least 4 members (excludes halogenated alkanes) is 1. The Kier molecular flexibility index (Phi) is 5.42. The molecule has 3 heteroatoms. The van der Waals surface area contributed by atoms with Crippen molar-refractivity contribution in [2.75, 3.05) is 6.54 Å². The maximum atomic E-state index is 6.09. The average Bonchev–Trinajstić information content (AvgIpc) is 3.19. The zero-order chi connectivity index (χ0) is 21.0. The molecule has 0 fully saturated rings. The van der Waals surface area contributed by atoms with Gasteiger partial charge in [0.2, 0.25) is 0 Å². The van der Waals surface area contributed by atoms with Gasteiger partial charge in [-0.2, -0.15) is 0 Å². The highest BCUT2D eigenvalue weighted by molar-refractivity contribution is 6.08. The number of nitrogens with two attached hydrogens (primary N) is 1. The maximum Gasteiger partial charge on any atom is 0.128 e. The normalized spacial score (nSPS) is 11.3. The summed E-state index contributed by atoms with van der Waals surface area (Å²) in [7, 11) is 0. The highest BCUT2D eigenvalue weighted by Gasteiger charge is 2.15. The number of ether oxygens (including phenoxy) is 1. The molecule has 0 spiro atoms. The summed E-state index contributed by atoms with van der Waals surface area (Å²) in [5.41, 5.74) is 10.6. The topological polar surface area (TPSA) is 51.0 Å². The summed E-state index contributed by atoms with van der Waals surface area (Å²) in [6.07, 6.45) is 3.09. The van der Waals surface area contributed by atoms with E-state index in [1.165, 1.54) is 32.9 Å². The molecule has 0 unspecified atom stereocenters. The molecule has 5 rings (SSSR count). The second-order valence-electron chi connectivity index (χ2n) is 7.88. The third kappa shape index (κ3) is 3.92. The lowest BCUT2D eigenvalue weighted by Gasteiger charge is -2.09. The quantitative estimate of drug-likeness (QED) is 0.284. The summed E-state index contributed by atoms with van der Waals surface area (Å²) in [6, 6.07) is 31.2. The van der Waals surface area contributed by atoms with E-state index in [1.807, 2.05) is 36.4 Å². The minimum Gasteiger partial charge on any atom is -0.457 e. The first-order valence-corrected chi connectivity index (χ1v) is 10.9. The van der Waals surface area contributed by atoms with Gasteiger partial charge < -0.3 is 15.5 Å². The minimum atomic E-state index is 0.723. The standard InChI is InChI=1S/C28H26N2O/c29-18-7-6-15-25-26-17-16-20-9-4-5-14-24(20)28(26)30-27(25)21-10-8-13-23(19-21)31-22-11-2-1-3-12-22/h1-5,8-14,16-17,19,30H,6-7,15,18,29H2. The second kappa shape index (κ2) is 8.66. The fourth-order valence-electron chi connectivity index (χ4n) is 4.28. The van der Waals surface area contributed by atoms with E-state index < -0.39 is 0 Å². The van der Waals surface area contributed by atoms with Gasteiger partial charge >= 0.3 is 0 Å². The number of H-pyrrole nitrogens is 1. The molecular formula is C28H26N2O. The van der Waals surface area contributed by atoms with E-state index in [0.29, 0.717) is 0 Å². The lowest BCUT2D eigenvalue weighted by Crippen LogP contribution is -1.99. The first-order valence-electron chi connectivity index (χ1n) is 10.9. The van der Waals surface area contributed by atoms with Gasteiger partial charge in [-0.25, -0.2) is 0 Å². The first-order chi connectivity index (χ1) is 15.3. The van der Waals surface area contributed by atoms with Gasteiger partial charge in [-0.3, -0.25) is 0 Å². The van der Waals surface area contributed by atoms with Crippen LogP contribution in [0, 0.1) is 0 Å². The van der Waals surface area contributed by atoms with E-state index in [-0.39, 0.29) is 0 Å². The molecule has 5 aromatic rings. The Morgan fingerprint density at radius 3 is 2.39 bits per heavy atom. The number of nitrogens with one attached hydrogen (secondary N) is 1. The summed E-state index contributed by atoms with van der Waals surface area (Å²) < 4.78 is 6.09. The number of rotatable bonds is 7. The predicted octanol–water partition coefficient (Wildman–Crippen LogP) is 7.06. The van der Waals surface area contributed by atoms with Crippen LogP contribution in [0.5, 0.6) is 11.5 Å². The van der Waals surface area contributed by atoms with Gasteiger partial charge in [-0.15, -0.1) is 0 Å². The summed E-state index contributed by atoms with van der Waals surface area (Å²) in [4.78, 5) is 3.75. The van der Waals surface area contributed by atoms with E-state index >= 15 is 0 Å². The molecule has 3 nitrogen and oxygen atoms in total. The zero-order valence-electron chi connectivity index (χ0n) is 17.5. The Bertz CT molecular complexity index is 1320. The Hall–Kier alpha value is -3.56. The van der Waals surface area contributed by atoms with Crippen LogP contribution in [0.25, 0.3) is 32.9 Å². The van der Waals surface area contributed by atoms with Crippen LogP contribution in [-0.2, 0) is 6.42 Å².